The summed E-state index contributed by atoms with van der Waals surface area (Å²) in [7, 11) is 0. The molecule has 0 spiro atoms. The largest absolute Gasteiger partial charge is 0.457 e. The Morgan fingerprint density at radius 1 is 0.886 bits per heavy atom. The first-order chi connectivity index (χ1) is 16.5. The van der Waals surface area contributed by atoms with Crippen molar-refractivity contribution < 1.29 is 33.0 Å². The molecule has 10 nitrogen and oxygen atoms in total. The minimum atomic E-state index is -0.633. The van der Waals surface area contributed by atoms with Crippen molar-refractivity contribution in [2.24, 2.45) is 0 Å². The van der Waals surface area contributed by atoms with Gasteiger partial charge in [0.2, 0.25) is 0 Å². The van der Waals surface area contributed by atoms with Gasteiger partial charge in [0.15, 0.2) is 0 Å². The Kier molecular flexibility index (Phi) is 7.75. The molecule has 3 aromatic rings. The van der Waals surface area contributed by atoms with E-state index in [2.05, 4.69) is 10.6 Å². The molecule has 0 radical (unpaired) electrons. The highest BCUT2D eigenvalue weighted by molar-refractivity contribution is 5.92. The second-order valence-electron chi connectivity index (χ2n) is 8.43. The first kappa shape index (κ1) is 25.3. The van der Waals surface area contributed by atoms with Gasteiger partial charge in [-0.15, -0.1) is 0 Å². The van der Waals surface area contributed by atoms with Gasteiger partial charge < -0.3 is 18.6 Å². The second-order valence-corrected chi connectivity index (χ2v) is 8.43. The molecule has 10 heteroatoms. The van der Waals surface area contributed by atoms with E-state index >= 15 is 0 Å². The lowest BCUT2D eigenvalue weighted by Gasteiger charge is -2.19. The number of benzene rings is 2. The zero-order chi connectivity index (χ0) is 25.6. The molecule has 3 rings (SSSR count). The molecular weight excluding hydrogens is 456 g/mol. The number of carbonyl (C=O) groups is 3. The summed E-state index contributed by atoms with van der Waals surface area (Å²) >= 11 is 0. The lowest BCUT2D eigenvalue weighted by molar-refractivity contribution is 0.0473. The number of nitrogens with one attached hydrogen (secondary N) is 2. The van der Waals surface area contributed by atoms with E-state index in [0.717, 1.165) is 0 Å². The van der Waals surface area contributed by atoms with Crippen LogP contribution in [0.15, 0.2) is 57.7 Å². The van der Waals surface area contributed by atoms with Crippen molar-refractivity contribution in [2.75, 3.05) is 17.2 Å². The van der Waals surface area contributed by atoms with Gasteiger partial charge in [-0.3, -0.25) is 10.6 Å². The van der Waals surface area contributed by atoms with Crippen LogP contribution >= 0.6 is 0 Å². The fraction of sp³-hybridized carbons (Fsp3) is 0.280. The van der Waals surface area contributed by atoms with Crippen LogP contribution in [-0.4, -0.2) is 30.4 Å². The van der Waals surface area contributed by atoms with Crippen LogP contribution in [0.1, 0.15) is 43.6 Å². The summed E-state index contributed by atoms with van der Waals surface area (Å²) in [6, 6.07) is 12.1. The highest BCUT2D eigenvalue weighted by Crippen LogP contribution is 2.23. The number of amides is 2. The average molecular weight is 482 g/mol. The number of anilines is 2. The van der Waals surface area contributed by atoms with E-state index in [4.69, 9.17) is 18.6 Å². The minimum absolute atomic E-state index is 0.177. The van der Waals surface area contributed by atoms with Crippen molar-refractivity contribution in [1.29, 1.82) is 0 Å². The summed E-state index contributed by atoms with van der Waals surface area (Å²) in [6.07, 6.45) is -1.24. The van der Waals surface area contributed by atoms with Crippen molar-refractivity contribution in [2.45, 2.75) is 39.9 Å². The highest BCUT2D eigenvalue weighted by atomic mass is 16.6. The zero-order valence-electron chi connectivity index (χ0n) is 19.8. The predicted octanol–water partition coefficient (Wildman–Crippen LogP) is 5.07. The standard InChI is InChI=1S/C25H26N2O8/c1-5-32-23(30)27-18-10-11-19-16(12-21(28)34-20(19)13-18)14-33-22(29)15-6-8-17(9-7-15)26-24(31)35-25(2,3)4/h6-13H,5,14H2,1-4H3,(H,26,31)(H,27,30). The number of hydrogen-bond acceptors (Lipinski definition) is 8. The minimum Gasteiger partial charge on any atom is -0.457 e. The molecule has 35 heavy (non-hydrogen) atoms. The van der Waals surface area contributed by atoms with E-state index in [0.29, 0.717) is 22.3 Å². The van der Waals surface area contributed by atoms with E-state index in [1.165, 1.54) is 24.3 Å². The van der Waals surface area contributed by atoms with Crippen molar-refractivity contribution >= 4 is 40.5 Å². The van der Waals surface area contributed by atoms with Gasteiger partial charge in [-0.2, -0.15) is 0 Å². The molecule has 0 aliphatic carbocycles. The van der Waals surface area contributed by atoms with Crippen molar-refractivity contribution in [3.05, 3.63) is 70.1 Å². The fourth-order valence-electron chi connectivity index (χ4n) is 3.05. The monoisotopic (exact) mass is 482 g/mol. The number of rotatable bonds is 6. The van der Waals surface area contributed by atoms with Crippen LogP contribution in [0, 0.1) is 0 Å². The normalized spacial score (nSPS) is 11.0. The van der Waals surface area contributed by atoms with Gasteiger partial charge in [-0.05, 0) is 64.1 Å². The van der Waals surface area contributed by atoms with Crippen LogP contribution in [0.5, 0.6) is 0 Å². The van der Waals surface area contributed by atoms with E-state index in [1.54, 1.807) is 52.0 Å². The predicted molar refractivity (Wildman–Crippen MR) is 129 cm³/mol. The third-order valence-corrected chi connectivity index (χ3v) is 4.48. The summed E-state index contributed by atoms with van der Waals surface area (Å²) in [6.45, 7) is 6.98. The summed E-state index contributed by atoms with van der Waals surface area (Å²) in [5, 5.41) is 5.65. The summed E-state index contributed by atoms with van der Waals surface area (Å²) in [5.74, 6) is -0.615. The fourth-order valence-corrected chi connectivity index (χ4v) is 3.05. The lowest BCUT2D eigenvalue weighted by atomic mass is 10.1. The molecule has 2 N–H and O–H groups in total. The van der Waals surface area contributed by atoms with Crippen molar-refractivity contribution in [1.82, 2.24) is 0 Å². The summed E-state index contributed by atoms with van der Waals surface area (Å²) in [5.41, 5.74) is 0.488. The highest BCUT2D eigenvalue weighted by Gasteiger charge is 2.17. The van der Waals surface area contributed by atoms with Crippen LogP contribution < -0.4 is 16.3 Å². The maximum atomic E-state index is 12.5. The molecular formula is C25H26N2O8. The maximum Gasteiger partial charge on any atom is 0.412 e. The molecule has 0 saturated carbocycles. The van der Waals surface area contributed by atoms with Crippen LogP contribution in [0.2, 0.25) is 0 Å². The Morgan fingerprint density at radius 3 is 2.20 bits per heavy atom. The number of carbonyl (C=O) groups excluding carboxylic acids is 3. The number of ether oxygens (including phenoxy) is 3. The van der Waals surface area contributed by atoms with Gasteiger partial charge in [0.05, 0.1) is 12.2 Å². The molecule has 0 fully saturated rings. The molecule has 0 bridgehead atoms. The zero-order valence-corrected chi connectivity index (χ0v) is 19.8. The Balaban J connectivity index is 1.67. The molecule has 0 unspecified atom stereocenters. The molecule has 1 heterocycles. The Bertz CT molecular complexity index is 1290. The second kappa shape index (κ2) is 10.7. The molecule has 0 aliphatic rings. The Morgan fingerprint density at radius 2 is 1.54 bits per heavy atom. The maximum absolute atomic E-state index is 12.5. The topological polar surface area (TPSA) is 133 Å². The van der Waals surface area contributed by atoms with Crippen LogP contribution in [-0.2, 0) is 20.8 Å². The lowest BCUT2D eigenvalue weighted by Crippen LogP contribution is -2.27. The summed E-state index contributed by atoms with van der Waals surface area (Å²) in [4.78, 5) is 48.0. The van der Waals surface area contributed by atoms with E-state index in [1.807, 2.05) is 0 Å². The first-order valence-electron chi connectivity index (χ1n) is 10.8. The number of fused-ring (bicyclic) bond motifs is 1. The molecule has 2 amide bonds. The summed E-state index contributed by atoms with van der Waals surface area (Å²) < 4.78 is 20.6. The third-order valence-electron chi connectivity index (χ3n) is 4.48. The molecule has 184 valence electrons. The van der Waals surface area contributed by atoms with Crippen molar-refractivity contribution in [3.63, 3.8) is 0 Å². The molecule has 0 saturated heterocycles. The number of hydrogen-bond donors (Lipinski definition) is 2. The first-order valence-corrected chi connectivity index (χ1v) is 10.8. The number of esters is 1. The van der Waals surface area contributed by atoms with Crippen LogP contribution in [0.4, 0.5) is 21.0 Å². The van der Waals surface area contributed by atoms with Crippen LogP contribution in [0.3, 0.4) is 0 Å². The molecule has 0 atom stereocenters. The van der Waals surface area contributed by atoms with Gasteiger partial charge in [0.1, 0.15) is 17.8 Å². The van der Waals surface area contributed by atoms with E-state index in [9.17, 15) is 19.2 Å². The smallest absolute Gasteiger partial charge is 0.412 e. The van der Waals surface area contributed by atoms with Gasteiger partial charge in [0.25, 0.3) is 0 Å². The Labute approximate surface area is 201 Å². The quantitative estimate of drug-likeness (QED) is 0.283. The van der Waals surface area contributed by atoms with Gasteiger partial charge in [-0.25, -0.2) is 19.2 Å². The molecule has 2 aromatic carbocycles. The van der Waals surface area contributed by atoms with E-state index < -0.39 is 29.4 Å². The van der Waals surface area contributed by atoms with Gasteiger partial charge in [-0.1, -0.05) is 0 Å². The average Bonchev–Trinajstić information content (AvgIpc) is 2.76. The Hall–Kier alpha value is -4.34. The molecule has 1 aromatic heterocycles. The SMILES string of the molecule is CCOC(=O)Nc1ccc2c(COC(=O)c3ccc(NC(=O)OC(C)(C)C)cc3)cc(=O)oc2c1. The van der Waals surface area contributed by atoms with Gasteiger partial charge >= 0.3 is 23.8 Å². The molecule has 0 aliphatic heterocycles. The van der Waals surface area contributed by atoms with Gasteiger partial charge in [0, 0.05) is 34.5 Å². The third kappa shape index (κ3) is 7.32. The van der Waals surface area contributed by atoms with E-state index in [-0.39, 0.29) is 24.4 Å². The van der Waals surface area contributed by atoms with Crippen molar-refractivity contribution in [3.8, 4) is 0 Å². The van der Waals surface area contributed by atoms with Crippen LogP contribution in [0.25, 0.3) is 11.0 Å².